The van der Waals surface area contributed by atoms with Gasteiger partial charge in [0.1, 0.15) is 11.6 Å². The number of carbonyl (C=O) groups excluding carboxylic acids is 2. The highest BCUT2D eigenvalue weighted by Gasteiger charge is 2.21. The molecule has 0 spiro atoms. The number of ether oxygens (including phenoxy) is 1. The molecular weight excluding hydrogens is 267 g/mol. The van der Waals surface area contributed by atoms with Crippen molar-refractivity contribution in [1.82, 2.24) is 15.3 Å². The minimum absolute atomic E-state index is 0.231. The number of aromatic nitrogens is 2. The maximum absolute atomic E-state index is 12.5. The minimum Gasteiger partial charge on any atom is -0.444 e. The van der Waals surface area contributed by atoms with E-state index in [0.29, 0.717) is 0 Å². The molecule has 2 amide bonds. The van der Waals surface area contributed by atoms with Gasteiger partial charge in [-0.15, -0.1) is 0 Å². The highest BCUT2D eigenvalue weighted by Crippen LogP contribution is 2.07. The molecule has 0 fully saturated rings. The molecule has 0 aliphatic heterocycles. The summed E-state index contributed by atoms with van der Waals surface area (Å²) in [5.74, 6) is -0.494. The average molecular weight is 284 g/mol. The van der Waals surface area contributed by atoms with E-state index in [1.165, 1.54) is 6.92 Å². The van der Waals surface area contributed by atoms with E-state index in [9.17, 15) is 14.0 Å². The zero-order valence-electron chi connectivity index (χ0n) is 11.7. The fourth-order valence-corrected chi connectivity index (χ4v) is 1.18. The zero-order chi connectivity index (χ0) is 15.3. The van der Waals surface area contributed by atoms with Crippen LogP contribution in [-0.4, -0.2) is 33.6 Å². The van der Waals surface area contributed by atoms with Gasteiger partial charge in [-0.05, 0) is 27.7 Å². The Labute approximate surface area is 115 Å². The van der Waals surface area contributed by atoms with Crippen LogP contribution in [0.25, 0.3) is 0 Å². The summed E-state index contributed by atoms with van der Waals surface area (Å²) in [6.07, 6.45) is 0.666. The molecule has 2 N–H and O–H groups in total. The van der Waals surface area contributed by atoms with E-state index in [4.69, 9.17) is 4.74 Å². The Morgan fingerprint density at radius 2 is 1.85 bits per heavy atom. The summed E-state index contributed by atoms with van der Waals surface area (Å²) < 4.78 is 17.5. The first kappa shape index (κ1) is 15.8. The maximum atomic E-state index is 12.5. The van der Waals surface area contributed by atoms with Gasteiger partial charge in [0.25, 0.3) is 0 Å². The number of nitrogens with one attached hydrogen (secondary N) is 2. The maximum Gasteiger partial charge on any atom is 0.408 e. The monoisotopic (exact) mass is 284 g/mol. The van der Waals surface area contributed by atoms with Crippen LogP contribution in [-0.2, 0) is 9.53 Å². The summed E-state index contributed by atoms with van der Waals surface area (Å²) in [5.41, 5.74) is -0.417. The highest BCUT2D eigenvalue weighted by molar-refractivity contribution is 5.95. The van der Waals surface area contributed by atoms with Crippen molar-refractivity contribution in [3.05, 3.63) is 18.5 Å². The molecular formula is C12H17FN4O3. The van der Waals surface area contributed by atoms with E-state index >= 15 is 0 Å². The van der Waals surface area contributed by atoms with Crippen molar-refractivity contribution in [2.24, 2.45) is 0 Å². The molecule has 0 aromatic carbocycles. The van der Waals surface area contributed by atoms with Crippen LogP contribution < -0.4 is 10.6 Å². The summed E-state index contributed by atoms with van der Waals surface area (Å²) in [5, 5.41) is 4.82. The van der Waals surface area contributed by atoms with Crippen molar-refractivity contribution in [3.8, 4) is 0 Å². The van der Waals surface area contributed by atoms with Gasteiger partial charge in [-0.2, -0.15) is 4.39 Å². The van der Waals surface area contributed by atoms with E-state index in [-0.39, 0.29) is 5.69 Å². The van der Waals surface area contributed by atoms with E-state index < -0.39 is 29.7 Å². The molecule has 110 valence electrons. The lowest BCUT2D eigenvalue weighted by atomic mass is 10.2. The number of anilines is 1. The first-order valence-electron chi connectivity index (χ1n) is 5.95. The SMILES string of the molecule is CC(NC(=O)OC(C)(C)C)C(=O)Nc1cnc(F)nc1. The van der Waals surface area contributed by atoms with Crippen molar-refractivity contribution in [1.29, 1.82) is 0 Å². The number of halogens is 1. The second-order valence-electron chi connectivity index (χ2n) is 5.10. The number of alkyl carbamates (subject to hydrolysis) is 1. The molecule has 1 heterocycles. The van der Waals surface area contributed by atoms with Gasteiger partial charge in [-0.25, -0.2) is 14.8 Å². The Balaban J connectivity index is 2.51. The second-order valence-corrected chi connectivity index (χ2v) is 5.10. The topological polar surface area (TPSA) is 93.2 Å². The average Bonchev–Trinajstić information content (AvgIpc) is 2.29. The molecule has 1 aromatic heterocycles. The van der Waals surface area contributed by atoms with Crippen LogP contribution in [0, 0.1) is 6.08 Å². The van der Waals surface area contributed by atoms with Crippen molar-refractivity contribution in [2.75, 3.05) is 5.32 Å². The molecule has 0 aliphatic rings. The van der Waals surface area contributed by atoms with Crippen molar-refractivity contribution in [3.63, 3.8) is 0 Å². The third-order valence-corrected chi connectivity index (χ3v) is 2.01. The second kappa shape index (κ2) is 6.27. The largest absolute Gasteiger partial charge is 0.444 e. The molecule has 1 rings (SSSR count). The van der Waals surface area contributed by atoms with Crippen LogP contribution in [0.5, 0.6) is 0 Å². The number of hydrogen-bond donors (Lipinski definition) is 2. The predicted octanol–water partition coefficient (Wildman–Crippen LogP) is 1.47. The standard InChI is InChI=1S/C12H17FN4O3/c1-7(16-11(19)20-12(2,3)4)9(18)17-8-5-14-10(13)15-6-8/h5-7H,1-4H3,(H,16,19)(H,17,18). The van der Waals surface area contributed by atoms with Gasteiger partial charge in [0.15, 0.2) is 0 Å². The molecule has 1 aromatic rings. The molecule has 0 saturated heterocycles. The molecule has 0 aliphatic carbocycles. The fourth-order valence-electron chi connectivity index (χ4n) is 1.18. The van der Waals surface area contributed by atoms with Crippen molar-refractivity contribution >= 4 is 17.7 Å². The van der Waals surface area contributed by atoms with Crippen LogP contribution in [0.15, 0.2) is 12.4 Å². The third kappa shape index (κ3) is 5.59. The van der Waals surface area contributed by atoms with Crippen LogP contribution >= 0.6 is 0 Å². The molecule has 20 heavy (non-hydrogen) atoms. The van der Waals surface area contributed by atoms with Crippen LogP contribution in [0.1, 0.15) is 27.7 Å². The highest BCUT2D eigenvalue weighted by atomic mass is 19.1. The molecule has 0 radical (unpaired) electrons. The number of amides is 2. The smallest absolute Gasteiger partial charge is 0.408 e. The van der Waals surface area contributed by atoms with Gasteiger partial charge in [-0.1, -0.05) is 0 Å². The Morgan fingerprint density at radius 1 is 1.30 bits per heavy atom. The summed E-state index contributed by atoms with van der Waals surface area (Å²) in [6, 6.07) is -0.824. The van der Waals surface area contributed by atoms with Gasteiger partial charge < -0.3 is 15.4 Å². The summed E-state index contributed by atoms with van der Waals surface area (Å²) in [4.78, 5) is 29.8. The fraction of sp³-hybridized carbons (Fsp3) is 0.500. The van der Waals surface area contributed by atoms with Crippen LogP contribution in [0.3, 0.4) is 0 Å². The number of rotatable bonds is 3. The van der Waals surface area contributed by atoms with Crippen LogP contribution in [0.4, 0.5) is 14.9 Å². The number of carbonyl (C=O) groups is 2. The summed E-state index contributed by atoms with van der Waals surface area (Å²) >= 11 is 0. The van der Waals surface area contributed by atoms with Gasteiger partial charge in [-0.3, -0.25) is 4.79 Å². The summed E-state index contributed by atoms with van der Waals surface area (Å²) in [7, 11) is 0. The normalized spacial score (nSPS) is 12.4. The molecule has 0 saturated carbocycles. The zero-order valence-corrected chi connectivity index (χ0v) is 11.7. The lowest BCUT2D eigenvalue weighted by Crippen LogP contribution is -2.44. The predicted molar refractivity (Wildman–Crippen MR) is 69.5 cm³/mol. The van der Waals surface area contributed by atoms with Gasteiger partial charge in [0, 0.05) is 0 Å². The molecule has 1 unspecified atom stereocenters. The quantitative estimate of drug-likeness (QED) is 0.820. The van der Waals surface area contributed by atoms with Gasteiger partial charge >= 0.3 is 12.2 Å². The van der Waals surface area contributed by atoms with Crippen LogP contribution in [0.2, 0.25) is 0 Å². The third-order valence-electron chi connectivity index (χ3n) is 2.01. The molecule has 1 atom stereocenters. The van der Waals surface area contributed by atoms with E-state index in [2.05, 4.69) is 20.6 Å². The summed E-state index contributed by atoms with van der Waals surface area (Å²) in [6.45, 7) is 6.64. The van der Waals surface area contributed by atoms with Gasteiger partial charge in [0.2, 0.25) is 5.91 Å². The molecule has 0 bridgehead atoms. The minimum atomic E-state index is -0.886. The van der Waals surface area contributed by atoms with E-state index in [0.717, 1.165) is 12.4 Å². The lowest BCUT2D eigenvalue weighted by Gasteiger charge is -2.21. The number of nitrogens with zero attached hydrogens (tertiary/aromatic N) is 2. The van der Waals surface area contributed by atoms with E-state index in [1.807, 2.05) is 0 Å². The molecule has 8 heteroatoms. The van der Waals surface area contributed by atoms with Crippen molar-refractivity contribution in [2.45, 2.75) is 39.3 Å². The van der Waals surface area contributed by atoms with Gasteiger partial charge in [0.05, 0.1) is 18.1 Å². The lowest BCUT2D eigenvalue weighted by molar-refractivity contribution is -0.117. The van der Waals surface area contributed by atoms with E-state index in [1.54, 1.807) is 20.8 Å². The Morgan fingerprint density at radius 3 is 2.35 bits per heavy atom. The molecule has 7 nitrogen and oxygen atoms in total. The Bertz CT molecular complexity index is 484. The Kier molecular flexibility index (Phi) is 4.95. The Hall–Kier alpha value is -2.25. The van der Waals surface area contributed by atoms with Crippen molar-refractivity contribution < 1.29 is 18.7 Å². The number of hydrogen-bond acceptors (Lipinski definition) is 5. The first-order valence-corrected chi connectivity index (χ1v) is 5.95. The first-order chi connectivity index (χ1) is 9.17.